The molecule has 2 aliphatic heterocycles. The quantitative estimate of drug-likeness (QED) is 0.468. The Bertz CT molecular complexity index is 1200. The number of benzene rings is 1. The van der Waals surface area contributed by atoms with Gasteiger partial charge in [0.25, 0.3) is 5.91 Å². The van der Waals surface area contributed by atoms with E-state index in [2.05, 4.69) is 25.9 Å². The third-order valence-corrected chi connectivity index (χ3v) is 5.95. The largest absolute Gasteiger partial charge is 0.492 e. The zero-order chi connectivity index (χ0) is 23.5. The molecule has 0 spiro atoms. The minimum atomic E-state index is -0.501. The number of halogens is 1. The molecule has 2 aliphatic rings. The lowest BCUT2D eigenvalue weighted by molar-refractivity contribution is 0.0442. The van der Waals surface area contributed by atoms with Gasteiger partial charge in [-0.3, -0.25) is 9.78 Å². The van der Waals surface area contributed by atoms with E-state index in [-0.39, 0.29) is 17.6 Å². The minimum absolute atomic E-state index is 0.0654. The highest BCUT2D eigenvalue weighted by Crippen LogP contribution is 2.43. The molecule has 2 aromatic heterocycles. The van der Waals surface area contributed by atoms with Crippen LogP contribution in [-0.4, -0.2) is 62.5 Å². The van der Waals surface area contributed by atoms with Gasteiger partial charge < -0.3 is 35.1 Å². The Kier molecular flexibility index (Phi) is 6.33. The van der Waals surface area contributed by atoms with E-state index < -0.39 is 5.82 Å². The molecule has 0 radical (unpaired) electrons. The van der Waals surface area contributed by atoms with Crippen molar-refractivity contribution in [1.82, 2.24) is 15.3 Å². The molecule has 2 bridgehead atoms. The van der Waals surface area contributed by atoms with Gasteiger partial charge in [-0.2, -0.15) is 0 Å². The maximum absolute atomic E-state index is 14.4. The van der Waals surface area contributed by atoms with Gasteiger partial charge >= 0.3 is 0 Å². The van der Waals surface area contributed by atoms with Crippen molar-refractivity contribution in [2.24, 2.45) is 0 Å². The van der Waals surface area contributed by atoms with Crippen molar-refractivity contribution < 1.29 is 23.4 Å². The highest BCUT2D eigenvalue weighted by Gasteiger charge is 2.34. The molecule has 10 heteroatoms. The second kappa shape index (κ2) is 9.70. The summed E-state index contributed by atoms with van der Waals surface area (Å²) in [5, 5.41) is 9.58. The molecule has 34 heavy (non-hydrogen) atoms. The van der Waals surface area contributed by atoms with Crippen LogP contribution in [0.1, 0.15) is 22.0 Å². The Morgan fingerprint density at radius 3 is 2.94 bits per heavy atom. The van der Waals surface area contributed by atoms with Gasteiger partial charge in [0.2, 0.25) is 0 Å². The summed E-state index contributed by atoms with van der Waals surface area (Å²) in [5.74, 6) is -0.741. The van der Waals surface area contributed by atoms with Gasteiger partial charge in [-0.25, -0.2) is 4.39 Å². The molecule has 0 saturated heterocycles. The first-order chi connectivity index (χ1) is 16.7. The fraction of sp³-hybridized carbons (Fsp3) is 0.333. The summed E-state index contributed by atoms with van der Waals surface area (Å²) in [5.41, 5.74) is 4.44. The average Bonchev–Trinajstić information content (AvgIpc) is 3.22. The number of H-pyrrole nitrogens is 1. The first-order valence-corrected chi connectivity index (χ1v) is 11.1. The summed E-state index contributed by atoms with van der Waals surface area (Å²) in [7, 11) is 1.41. The van der Waals surface area contributed by atoms with Crippen LogP contribution < -0.4 is 20.7 Å². The summed E-state index contributed by atoms with van der Waals surface area (Å²) < 4.78 is 31.2. The maximum atomic E-state index is 14.4. The van der Waals surface area contributed by atoms with Crippen molar-refractivity contribution in [3.05, 3.63) is 53.7 Å². The highest BCUT2D eigenvalue weighted by atomic mass is 19.1. The van der Waals surface area contributed by atoms with Crippen molar-refractivity contribution in [3.63, 3.8) is 0 Å². The number of nitrogens with one attached hydrogen (secondary N) is 4. The monoisotopic (exact) mass is 467 g/mol. The molecule has 1 atom stereocenters. The summed E-state index contributed by atoms with van der Waals surface area (Å²) >= 11 is 0. The normalized spacial score (nSPS) is 18.2. The molecule has 1 aromatic carbocycles. The van der Waals surface area contributed by atoms with Crippen LogP contribution in [0.2, 0.25) is 0 Å². The fourth-order valence-corrected chi connectivity index (χ4v) is 4.34. The summed E-state index contributed by atoms with van der Waals surface area (Å²) in [4.78, 5) is 20.8. The number of nitrogens with zero attached hydrogens (tertiary/aromatic N) is 1. The molecule has 5 rings (SSSR count). The van der Waals surface area contributed by atoms with Gasteiger partial charge in [-0.1, -0.05) is 6.07 Å². The van der Waals surface area contributed by atoms with E-state index in [1.807, 2.05) is 6.07 Å². The van der Waals surface area contributed by atoms with Crippen LogP contribution in [0.5, 0.6) is 5.75 Å². The van der Waals surface area contributed by atoms with Crippen LogP contribution in [0.15, 0.2) is 36.7 Å². The van der Waals surface area contributed by atoms with Crippen LogP contribution in [0.25, 0.3) is 11.3 Å². The molecular formula is C24H26FN5O4. The number of fused-ring (bicyclic) bond motifs is 3. The SMILES string of the molecule is COc1c(F)cccc1Nc1c2[nH]c3c1C(=O)NC[C@@H]3COCCOCCNc1cnccc1-2. The lowest BCUT2D eigenvalue weighted by Crippen LogP contribution is -2.37. The predicted octanol–water partition coefficient (Wildman–Crippen LogP) is 3.25. The number of ether oxygens (including phenoxy) is 3. The van der Waals surface area contributed by atoms with Crippen molar-refractivity contribution in [2.45, 2.75) is 5.92 Å². The Morgan fingerprint density at radius 2 is 2.06 bits per heavy atom. The molecule has 1 amide bonds. The van der Waals surface area contributed by atoms with Crippen molar-refractivity contribution in [1.29, 1.82) is 0 Å². The van der Waals surface area contributed by atoms with E-state index in [0.717, 1.165) is 16.9 Å². The Hall–Kier alpha value is -3.63. The number of carbonyl (C=O) groups excluding carboxylic acids is 1. The van der Waals surface area contributed by atoms with E-state index >= 15 is 0 Å². The van der Waals surface area contributed by atoms with Gasteiger partial charge in [0.15, 0.2) is 11.6 Å². The number of rotatable bonds is 3. The number of anilines is 3. The number of methoxy groups -OCH3 is 1. The molecule has 0 fully saturated rings. The summed E-state index contributed by atoms with van der Waals surface area (Å²) in [6.07, 6.45) is 3.42. The molecule has 0 aliphatic carbocycles. The lowest BCUT2D eigenvalue weighted by atomic mass is 9.96. The average molecular weight is 468 g/mol. The topological polar surface area (TPSA) is 110 Å². The van der Waals surface area contributed by atoms with Crippen LogP contribution in [0.3, 0.4) is 0 Å². The predicted molar refractivity (Wildman–Crippen MR) is 125 cm³/mol. The van der Waals surface area contributed by atoms with E-state index in [4.69, 9.17) is 14.2 Å². The van der Waals surface area contributed by atoms with Crippen LogP contribution >= 0.6 is 0 Å². The van der Waals surface area contributed by atoms with E-state index in [0.29, 0.717) is 62.1 Å². The number of para-hydroxylation sites is 1. The Balaban J connectivity index is 1.69. The van der Waals surface area contributed by atoms with Gasteiger partial charge in [-0.15, -0.1) is 0 Å². The third kappa shape index (κ3) is 4.17. The van der Waals surface area contributed by atoms with E-state index in [9.17, 15) is 9.18 Å². The molecular weight excluding hydrogens is 441 g/mol. The summed E-state index contributed by atoms with van der Waals surface area (Å²) in [6, 6.07) is 6.48. The molecule has 0 saturated carbocycles. The fourth-order valence-electron chi connectivity index (χ4n) is 4.34. The molecule has 4 heterocycles. The van der Waals surface area contributed by atoms with Crippen LogP contribution in [0.4, 0.5) is 21.5 Å². The molecule has 4 N–H and O–H groups in total. The van der Waals surface area contributed by atoms with Gasteiger partial charge in [0.1, 0.15) is 0 Å². The summed E-state index contributed by atoms with van der Waals surface area (Å²) in [6.45, 7) is 2.88. The second-order valence-electron chi connectivity index (χ2n) is 8.05. The zero-order valence-electron chi connectivity index (χ0n) is 18.7. The van der Waals surface area contributed by atoms with Gasteiger partial charge in [-0.05, 0) is 18.2 Å². The number of hydrogen-bond donors (Lipinski definition) is 4. The first kappa shape index (κ1) is 22.2. The standard InChI is InChI=1S/C24H26FN5O4/c1-32-23-16(25)3-2-4-17(23)29-22-19-20-14(11-28-24(19)31)13-34-10-9-33-8-7-27-18-12-26-6-5-15(18)21(22)30-20/h2-6,12,14,27,29-30H,7-11,13H2,1H3,(H,28,31)/t14-/m1/s1. The Morgan fingerprint density at radius 1 is 1.18 bits per heavy atom. The minimum Gasteiger partial charge on any atom is -0.492 e. The number of aromatic amines is 1. The molecule has 178 valence electrons. The van der Waals surface area contributed by atoms with Crippen LogP contribution in [0, 0.1) is 5.82 Å². The number of amides is 1. The lowest BCUT2D eigenvalue weighted by Gasteiger charge is -2.24. The number of aromatic nitrogens is 2. The van der Waals surface area contributed by atoms with Crippen LogP contribution in [-0.2, 0) is 9.47 Å². The maximum Gasteiger partial charge on any atom is 0.255 e. The van der Waals surface area contributed by atoms with Gasteiger partial charge in [0.05, 0.1) is 68.1 Å². The zero-order valence-corrected chi connectivity index (χ0v) is 18.7. The number of pyridine rings is 1. The van der Waals surface area contributed by atoms with Crippen molar-refractivity contribution in [2.75, 3.05) is 57.3 Å². The third-order valence-electron chi connectivity index (χ3n) is 5.95. The molecule has 0 unspecified atom stereocenters. The van der Waals surface area contributed by atoms with E-state index in [1.54, 1.807) is 24.5 Å². The van der Waals surface area contributed by atoms with Crippen molar-refractivity contribution in [3.8, 4) is 17.0 Å². The number of hydrogen-bond acceptors (Lipinski definition) is 7. The van der Waals surface area contributed by atoms with E-state index in [1.165, 1.54) is 13.2 Å². The Labute approximate surface area is 196 Å². The highest BCUT2D eigenvalue weighted by molar-refractivity contribution is 6.07. The molecule has 9 nitrogen and oxygen atoms in total. The van der Waals surface area contributed by atoms with Crippen molar-refractivity contribution >= 4 is 23.0 Å². The molecule has 3 aromatic rings. The van der Waals surface area contributed by atoms with Gasteiger partial charge in [0, 0.05) is 36.5 Å². The smallest absolute Gasteiger partial charge is 0.255 e. The second-order valence-corrected chi connectivity index (χ2v) is 8.05. The first-order valence-electron chi connectivity index (χ1n) is 11.1. The number of carbonyl (C=O) groups is 1.